The van der Waals surface area contributed by atoms with Crippen LogP contribution in [0, 0.1) is 0 Å². The van der Waals surface area contributed by atoms with Crippen molar-refractivity contribution in [2.75, 3.05) is 11.9 Å². The number of aromatic nitrogens is 1. The fraction of sp³-hybridized carbons (Fsp3) is 0.250. The fourth-order valence-electron chi connectivity index (χ4n) is 5.98. The minimum absolute atomic E-state index is 0.0679. The van der Waals surface area contributed by atoms with Crippen molar-refractivity contribution in [3.63, 3.8) is 0 Å². The molecule has 0 amide bonds. The fourth-order valence-corrected chi connectivity index (χ4v) is 5.98. The number of nitrogens with two attached hydrogens (primary N) is 1. The van der Waals surface area contributed by atoms with Gasteiger partial charge in [0, 0.05) is 29.3 Å². The first-order valence-electron chi connectivity index (χ1n) is 11.3. The Morgan fingerprint density at radius 1 is 0.871 bits per heavy atom. The van der Waals surface area contributed by atoms with Crippen LogP contribution in [0.2, 0.25) is 0 Å². The van der Waals surface area contributed by atoms with Crippen molar-refractivity contribution in [2.24, 2.45) is 5.73 Å². The van der Waals surface area contributed by atoms with E-state index in [2.05, 4.69) is 78.1 Å². The normalized spacial score (nSPS) is 21.6. The highest BCUT2D eigenvalue weighted by Crippen LogP contribution is 2.61. The molecule has 154 valence electrons. The van der Waals surface area contributed by atoms with Crippen LogP contribution in [0.5, 0.6) is 0 Å². The number of fused-ring (bicyclic) bond motifs is 9. The van der Waals surface area contributed by atoms with E-state index < -0.39 is 0 Å². The summed E-state index contributed by atoms with van der Waals surface area (Å²) in [5.41, 5.74) is 13.8. The number of para-hydroxylation sites is 1. The van der Waals surface area contributed by atoms with Crippen molar-refractivity contribution in [1.29, 1.82) is 0 Å². The first kappa shape index (κ1) is 18.6. The highest BCUT2D eigenvalue weighted by atomic mass is 15.0. The summed E-state index contributed by atoms with van der Waals surface area (Å²) in [5.74, 6) is 1.45. The third-order valence-corrected chi connectivity index (χ3v) is 7.29. The van der Waals surface area contributed by atoms with Crippen LogP contribution >= 0.6 is 0 Å². The Balaban J connectivity index is 1.19. The standard InChI is InChI=1S/C28H27N3/c29-20(15-16-30-27-14-13-19-7-1-6-12-26(19)31-27)17-28-18-23(21-8-2-4-10-24(21)28)22-9-3-5-11-25(22)28/h1-14,20,23H,15-18,29H2,(H,30,31). The highest BCUT2D eigenvalue weighted by Gasteiger charge is 2.52. The van der Waals surface area contributed by atoms with Crippen molar-refractivity contribution in [3.05, 3.63) is 107 Å². The maximum absolute atomic E-state index is 6.74. The summed E-state index contributed by atoms with van der Waals surface area (Å²) in [5, 5.41) is 4.65. The van der Waals surface area contributed by atoms with E-state index >= 15 is 0 Å². The molecule has 1 heterocycles. The molecule has 0 saturated carbocycles. The van der Waals surface area contributed by atoms with Gasteiger partial charge in [-0.05, 0) is 59.7 Å². The molecule has 0 saturated heterocycles. The first-order chi connectivity index (χ1) is 15.2. The number of hydrogen-bond donors (Lipinski definition) is 2. The predicted molar refractivity (Wildman–Crippen MR) is 128 cm³/mol. The molecule has 3 N–H and O–H groups in total. The molecule has 31 heavy (non-hydrogen) atoms. The maximum Gasteiger partial charge on any atom is 0.126 e. The van der Waals surface area contributed by atoms with Gasteiger partial charge in [0.15, 0.2) is 0 Å². The average molecular weight is 406 g/mol. The zero-order valence-corrected chi connectivity index (χ0v) is 17.6. The number of rotatable bonds is 6. The van der Waals surface area contributed by atoms with Crippen molar-refractivity contribution >= 4 is 16.7 Å². The number of nitrogens with zero attached hydrogens (tertiary/aromatic N) is 1. The molecule has 2 aliphatic carbocycles. The lowest BCUT2D eigenvalue weighted by Crippen LogP contribution is -2.35. The second-order valence-electron chi connectivity index (χ2n) is 9.08. The van der Waals surface area contributed by atoms with Gasteiger partial charge < -0.3 is 11.1 Å². The monoisotopic (exact) mass is 405 g/mol. The summed E-state index contributed by atoms with van der Waals surface area (Å²) in [6.07, 6.45) is 3.08. The zero-order valence-electron chi connectivity index (χ0n) is 17.6. The number of anilines is 1. The molecular weight excluding hydrogens is 378 g/mol. The van der Waals surface area contributed by atoms with Crippen molar-refractivity contribution in [3.8, 4) is 0 Å². The second kappa shape index (κ2) is 7.21. The highest BCUT2D eigenvalue weighted by molar-refractivity contribution is 5.80. The molecule has 3 heteroatoms. The van der Waals surface area contributed by atoms with Gasteiger partial charge in [-0.1, -0.05) is 66.7 Å². The molecule has 4 aromatic rings. The van der Waals surface area contributed by atoms with E-state index in [4.69, 9.17) is 10.7 Å². The SMILES string of the molecule is NC(CCNc1ccc2ccccc2n1)CC12CC(c3ccccc31)c1ccccc12. The van der Waals surface area contributed by atoms with Crippen LogP contribution in [0.1, 0.15) is 47.4 Å². The molecule has 6 rings (SSSR count). The van der Waals surface area contributed by atoms with Gasteiger partial charge in [0.1, 0.15) is 5.82 Å². The van der Waals surface area contributed by atoms with Crippen molar-refractivity contribution in [1.82, 2.24) is 4.98 Å². The van der Waals surface area contributed by atoms with E-state index in [1.807, 2.05) is 12.1 Å². The van der Waals surface area contributed by atoms with Gasteiger partial charge in [0.05, 0.1) is 5.52 Å². The van der Waals surface area contributed by atoms with Crippen LogP contribution in [0.4, 0.5) is 5.82 Å². The van der Waals surface area contributed by atoms with Gasteiger partial charge >= 0.3 is 0 Å². The third-order valence-electron chi connectivity index (χ3n) is 7.29. The molecular formula is C28H27N3. The quantitative estimate of drug-likeness (QED) is 0.440. The number of hydrogen-bond acceptors (Lipinski definition) is 3. The second-order valence-corrected chi connectivity index (χ2v) is 9.08. The van der Waals surface area contributed by atoms with Gasteiger partial charge in [0.2, 0.25) is 0 Å². The molecule has 0 spiro atoms. The minimum atomic E-state index is 0.0679. The van der Waals surface area contributed by atoms with Gasteiger partial charge in [0.25, 0.3) is 0 Å². The Bertz CT molecular complexity index is 1210. The van der Waals surface area contributed by atoms with Gasteiger partial charge in [-0.2, -0.15) is 0 Å². The Morgan fingerprint density at radius 3 is 2.32 bits per heavy atom. The number of nitrogens with one attached hydrogen (secondary N) is 1. The molecule has 2 bridgehead atoms. The summed E-state index contributed by atoms with van der Waals surface area (Å²) >= 11 is 0. The lowest BCUT2D eigenvalue weighted by atomic mass is 9.71. The summed E-state index contributed by atoms with van der Waals surface area (Å²) < 4.78 is 0. The maximum atomic E-state index is 6.74. The van der Waals surface area contributed by atoms with Gasteiger partial charge in [-0.3, -0.25) is 0 Å². The summed E-state index contributed by atoms with van der Waals surface area (Å²) in [6, 6.07) is 30.5. The van der Waals surface area contributed by atoms with Crippen molar-refractivity contribution in [2.45, 2.75) is 36.6 Å². The van der Waals surface area contributed by atoms with Crippen molar-refractivity contribution < 1.29 is 0 Å². The first-order valence-corrected chi connectivity index (χ1v) is 11.3. The van der Waals surface area contributed by atoms with Gasteiger partial charge in [-0.25, -0.2) is 4.98 Å². The molecule has 0 fully saturated rings. The van der Waals surface area contributed by atoms with Crippen LogP contribution in [-0.2, 0) is 5.41 Å². The zero-order chi connectivity index (χ0) is 20.8. The summed E-state index contributed by atoms with van der Waals surface area (Å²) in [4.78, 5) is 4.72. The summed E-state index contributed by atoms with van der Waals surface area (Å²) in [6.45, 7) is 0.829. The van der Waals surface area contributed by atoms with Crippen LogP contribution in [-0.4, -0.2) is 17.6 Å². The Morgan fingerprint density at radius 2 is 1.55 bits per heavy atom. The average Bonchev–Trinajstić information content (AvgIpc) is 3.31. The Kier molecular flexibility index (Phi) is 4.32. The smallest absolute Gasteiger partial charge is 0.126 e. The van der Waals surface area contributed by atoms with E-state index in [1.165, 1.54) is 34.1 Å². The van der Waals surface area contributed by atoms with E-state index in [0.717, 1.165) is 30.7 Å². The topological polar surface area (TPSA) is 50.9 Å². The van der Waals surface area contributed by atoms with Crippen LogP contribution < -0.4 is 11.1 Å². The molecule has 0 aliphatic heterocycles. The van der Waals surface area contributed by atoms with Crippen LogP contribution in [0.15, 0.2) is 84.9 Å². The summed E-state index contributed by atoms with van der Waals surface area (Å²) in [7, 11) is 0. The van der Waals surface area contributed by atoms with Crippen LogP contribution in [0.3, 0.4) is 0 Å². The molecule has 2 aliphatic rings. The predicted octanol–water partition coefficient (Wildman–Crippen LogP) is 5.59. The minimum Gasteiger partial charge on any atom is -0.370 e. The van der Waals surface area contributed by atoms with Crippen LogP contribution in [0.25, 0.3) is 10.9 Å². The Hall–Kier alpha value is -3.17. The van der Waals surface area contributed by atoms with E-state index in [-0.39, 0.29) is 11.5 Å². The number of benzene rings is 3. The van der Waals surface area contributed by atoms with Gasteiger partial charge in [-0.15, -0.1) is 0 Å². The van der Waals surface area contributed by atoms with E-state index in [0.29, 0.717) is 5.92 Å². The number of pyridine rings is 1. The largest absolute Gasteiger partial charge is 0.370 e. The lowest BCUT2D eigenvalue weighted by Gasteiger charge is -2.33. The molecule has 1 aromatic heterocycles. The molecule has 1 atom stereocenters. The molecule has 0 radical (unpaired) electrons. The molecule has 3 aromatic carbocycles. The molecule has 1 unspecified atom stereocenters. The van der Waals surface area contributed by atoms with E-state index in [1.54, 1.807) is 0 Å². The third kappa shape index (κ3) is 2.95. The lowest BCUT2D eigenvalue weighted by molar-refractivity contribution is 0.420. The molecule has 3 nitrogen and oxygen atoms in total. The Labute approximate surface area is 183 Å². The van der Waals surface area contributed by atoms with E-state index in [9.17, 15) is 0 Å².